The number of hydrogen-bond donors (Lipinski definition) is 1. The molecule has 45 heavy (non-hydrogen) atoms. The highest BCUT2D eigenvalue weighted by molar-refractivity contribution is 5.23. The smallest absolute Gasteiger partial charge is 0.157 e. The van der Waals surface area contributed by atoms with Gasteiger partial charge in [0.1, 0.15) is 0 Å². The number of fused-ring (bicyclic) bond motifs is 7. The first kappa shape index (κ1) is 33.1. The lowest BCUT2D eigenvalue weighted by Gasteiger charge is -2.73. The number of hydrogen-bond acceptors (Lipinski definition) is 5. The molecule has 0 aromatic heterocycles. The van der Waals surface area contributed by atoms with Crippen LogP contribution < -0.4 is 0 Å². The average Bonchev–Trinajstić information content (AvgIpc) is 3.31. The average molecular weight is 627 g/mol. The molecule has 0 amide bonds. The van der Waals surface area contributed by atoms with Crippen molar-refractivity contribution >= 4 is 0 Å². The van der Waals surface area contributed by atoms with Crippen LogP contribution in [0.5, 0.6) is 0 Å². The quantitative estimate of drug-likeness (QED) is 0.235. The van der Waals surface area contributed by atoms with Crippen LogP contribution in [0, 0.1) is 56.7 Å². The largest absolute Gasteiger partial charge is 0.392 e. The highest BCUT2D eigenvalue weighted by Crippen LogP contribution is 2.77. The summed E-state index contributed by atoms with van der Waals surface area (Å²) in [6, 6.07) is 0. The summed E-state index contributed by atoms with van der Waals surface area (Å²) in [5, 5.41) is 11.7. The minimum absolute atomic E-state index is 0.00484. The summed E-state index contributed by atoms with van der Waals surface area (Å²) < 4.78 is 25.6. The lowest BCUT2D eigenvalue weighted by Crippen LogP contribution is -2.67. The van der Waals surface area contributed by atoms with Crippen molar-refractivity contribution in [3.05, 3.63) is 12.2 Å². The Labute approximate surface area is 274 Å². The van der Waals surface area contributed by atoms with Crippen LogP contribution in [0.3, 0.4) is 0 Å². The minimum atomic E-state index is -0.311. The van der Waals surface area contributed by atoms with Gasteiger partial charge in [0.05, 0.1) is 18.8 Å². The van der Waals surface area contributed by atoms with E-state index in [1.54, 1.807) is 0 Å². The first-order valence-corrected chi connectivity index (χ1v) is 19.2. The zero-order valence-corrected chi connectivity index (χ0v) is 29.7. The van der Waals surface area contributed by atoms with Crippen LogP contribution in [-0.4, -0.2) is 49.7 Å². The van der Waals surface area contributed by atoms with E-state index in [1.807, 2.05) is 0 Å². The highest BCUT2D eigenvalue weighted by Gasteiger charge is 2.72. The van der Waals surface area contributed by atoms with Crippen LogP contribution >= 0.6 is 0 Å². The highest BCUT2D eigenvalue weighted by atomic mass is 16.7. The Morgan fingerprint density at radius 3 is 2.16 bits per heavy atom. The molecule has 0 aromatic rings. The van der Waals surface area contributed by atoms with Crippen LogP contribution in [0.1, 0.15) is 138 Å². The third-order valence-electron chi connectivity index (χ3n) is 16.3. The summed E-state index contributed by atoms with van der Waals surface area (Å²) in [5.74, 6) is 2.61. The van der Waals surface area contributed by atoms with E-state index < -0.39 is 0 Å². The van der Waals surface area contributed by atoms with Gasteiger partial charge in [0.2, 0.25) is 0 Å². The van der Waals surface area contributed by atoms with Gasteiger partial charge in [0.25, 0.3) is 0 Å². The zero-order valence-electron chi connectivity index (χ0n) is 29.7. The fraction of sp³-hybridized carbons (Fsp3) is 0.950. The maximum atomic E-state index is 11.7. The molecule has 0 bridgehead atoms. The molecule has 0 spiro atoms. The molecule has 7 aliphatic rings. The predicted molar refractivity (Wildman–Crippen MR) is 178 cm³/mol. The zero-order chi connectivity index (χ0) is 31.8. The minimum Gasteiger partial charge on any atom is -0.392 e. The van der Waals surface area contributed by atoms with Gasteiger partial charge in [-0.3, -0.25) is 0 Å². The molecule has 256 valence electrons. The second kappa shape index (κ2) is 11.9. The molecule has 5 nitrogen and oxygen atoms in total. The fourth-order valence-electron chi connectivity index (χ4n) is 14.0. The number of rotatable bonds is 6. The molecule has 0 aromatic carbocycles. The molecule has 13 unspecified atom stereocenters. The molecule has 1 N–H and O–H groups in total. The van der Waals surface area contributed by atoms with Crippen molar-refractivity contribution in [2.75, 3.05) is 19.8 Å². The Balaban J connectivity index is 1.16. The Hall–Kier alpha value is -0.460. The van der Waals surface area contributed by atoms with Gasteiger partial charge in [-0.25, -0.2) is 0 Å². The van der Waals surface area contributed by atoms with Crippen LogP contribution in [-0.2, 0) is 18.9 Å². The van der Waals surface area contributed by atoms with Gasteiger partial charge in [-0.2, -0.15) is 0 Å². The SMILES string of the molecule is C=C(C)C1C(O)CC2(COC3CCCCO3)CCC3(C)C(CCC4C5(C)CCC(OC6CCCCO6)C(C)(C)C5CCC43C)C12. The molecule has 2 saturated heterocycles. The molecule has 5 saturated carbocycles. The van der Waals surface area contributed by atoms with Crippen LogP contribution in [0.25, 0.3) is 0 Å². The third-order valence-corrected chi connectivity index (χ3v) is 16.3. The molecule has 7 rings (SSSR count). The summed E-state index contributed by atoms with van der Waals surface area (Å²) in [5.41, 5.74) is 2.23. The van der Waals surface area contributed by atoms with Crippen molar-refractivity contribution in [1.29, 1.82) is 0 Å². The Morgan fingerprint density at radius 1 is 0.778 bits per heavy atom. The summed E-state index contributed by atoms with van der Waals surface area (Å²) in [4.78, 5) is 0. The first-order valence-electron chi connectivity index (χ1n) is 19.2. The third kappa shape index (κ3) is 5.09. The van der Waals surface area contributed by atoms with E-state index in [1.165, 1.54) is 63.4 Å². The van der Waals surface area contributed by atoms with E-state index in [9.17, 15) is 5.11 Å². The van der Waals surface area contributed by atoms with Crippen molar-refractivity contribution in [2.45, 2.75) is 163 Å². The summed E-state index contributed by atoms with van der Waals surface area (Å²) >= 11 is 0. The molecule has 2 heterocycles. The normalized spacial score (nSPS) is 52.6. The summed E-state index contributed by atoms with van der Waals surface area (Å²) in [6.07, 6.45) is 17.6. The van der Waals surface area contributed by atoms with Crippen LogP contribution in [0.15, 0.2) is 12.2 Å². The topological polar surface area (TPSA) is 57.2 Å². The first-order chi connectivity index (χ1) is 21.4. The lowest BCUT2D eigenvalue weighted by atomic mass is 9.32. The van der Waals surface area contributed by atoms with E-state index in [-0.39, 0.29) is 47.0 Å². The maximum Gasteiger partial charge on any atom is 0.157 e. The van der Waals surface area contributed by atoms with Gasteiger partial charge in [-0.15, -0.1) is 0 Å². The van der Waals surface area contributed by atoms with E-state index in [4.69, 9.17) is 18.9 Å². The molecular formula is C40H66O5. The summed E-state index contributed by atoms with van der Waals surface area (Å²) in [6.45, 7) is 22.3. The van der Waals surface area contributed by atoms with Gasteiger partial charge in [-0.05, 0) is 149 Å². The molecule has 13 atom stereocenters. The van der Waals surface area contributed by atoms with Crippen molar-refractivity contribution in [3.8, 4) is 0 Å². The van der Waals surface area contributed by atoms with Gasteiger partial charge in [-0.1, -0.05) is 46.8 Å². The molecule has 5 aliphatic carbocycles. The second-order valence-electron chi connectivity index (χ2n) is 18.6. The fourth-order valence-corrected chi connectivity index (χ4v) is 14.0. The molecule has 2 aliphatic heterocycles. The number of aliphatic hydroxyl groups is 1. The Kier molecular flexibility index (Phi) is 8.71. The van der Waals surface area contributed by atoms with Crippen LogP contribution in [0.4, 0.5) is 0 Å². The molecule has 0 radical (unpaired) electrons. The number of ether oxygens (including phenoxy) is 4. The number of aliphatic hydroxyl groups excluding tert-OH is 1. The van der Waals surface area contributed by atoms with Gasteiger partial charge in [0.15, 0.2) is 12.6 Å². The molecular weight excluding hydrogens is 560 g/mol. The summed E-state index contributed by atoms with van der Waals surface area (Å²) in [7, 11) is 0. The van der Waals surface area contributed by atoms with Gasteiger partial charge in [0, 0.05) is 24.5 Å². The van der Waals surface area contributed by atoms with E-state index >= 15 is 0 Å². The monoisotopic (exact) mass is 626 g/mol. The van der Waals surface area contributed by atoms with E-state index in [0.29, 0.717) is 28.6 Å². The van der Waals surface area contributed by atoms with Crippen LogP contribution in [0.2, 0.25) is 0 Å². The van der Waals surface area contributed by atoms with E-state index in [2.05, 4.69) is 48.1 Å². The predicted octanol–water partition coefficient (Wildman–Crippen LogP) is 9.07. The standard InChI is InChI=1S/C40H66O5/c1-26(2)34-28(41)24-40(25-44-32-12-8-10-22-42-32)21-20-38(6)27(35(34)40)14-15-30-37(5)18-17-31(45-33-13-9-11-23-43-33)36(3,4)29(37)16-19-39(30,38)7/h27-35,41H,1,8-25H2,2-7H3. The van der Waals surface area contributed by atoms with Crippen molar-refractivity contribution in [2.24, 2.45) is 56.7 Å². The Morgan fingerprint density at radius 2 is 1.49 bits per heavy atom. The molecule has 7 fully saturated rings. The maximum absolute atomic E-state index is 11.7. The van der Waals surface area contributed by atoms with Crippen molar-refractivity contribution < 1.29 is 24.1 Å². The van der Waals surface area contributed by atoms with Crippen molar-refractivity contribution in [1.82, 2.24) is 0 Å². The lowest BCUT2D eigenvalue weighted by molar-refractivity contribution is -0.276. The van der Waals surface area contributed by atoms with Gasteiger partial charge >= 0.3 is 0 Å². The van der Waals surface area contributed by atoms with Crippen molar-refractivity contribution in [3.63, 3.8) is 0 Å². The van der Waals surface area contributed by atoms with E-state index in [0.717, 1.165) is 64.3 Å². The molecule has 5 heteroatoms. The Bertz CT molecular complexity index is 1090. The van der Waals surface area contributed by atoms with Gasteiger partial charge < -0.3 is 24.1 Å². The second-order valence-corrected chi connectivity index (χ2v) is 18.6.